The first-order valence-electron chi connectivity index (χ1n) is 11.0. The largest absolute Gasteiger partial charge is 0.481 e. The van der Waals surface area contributed by atoms with Crippen LogP contribution in [0.15, 0.2) is 23.8 Å². The Morgan fingerprint density at radius 1 is 1.27 bits per heavy atom. The van der Waals surface area contributed by atoms with Crippen molar-refractivity contribution in [2.45, 2.75) is 83.7 Å². The molecule has 30 heavy (non-hydrogen) atoms. The van der Waals surface area contributed by atoms with Crippen LogP contribution in [0.5, 0.6) is 0 Å². The van der Waals surface area contributed by atoms with E-state index in [4.69, 9.17) is 9.84 Å². The van der Waals surface area contributed by atoms with Crippen LogP contribution in [0.25, 0.3) is 0 Å². The molecule has 2 rings (SSSR count). The molecule has 0 aromatic carbocycles. The van der Waals surface area contributed by atoms with E-state index >= 15 is 0 Å². The molecule has 0 aromatic heterocycles. The van der Waals surface area contributed by atoms with Gasteiger partial charge in [0.05, 0.1) is 30.7 Å². The first-order valence-corrected chi connectivity index (χ1v) is 11.0. The molecule has 8 atom stereocenters. The summed E-state index contributed by atoms with van der Waals surface area (Å²) in [5.41, 5.74) is 0.958. The first-order chi connectivity index (χ1) is 14.1. The van der Waals surface area contributed by atoms with E-state index in [0.717, 1.165) is 5.57 Å². The van der Waals surface area contributed by atoms with Crippen molar-refractivity contribution in [1.29, 1.82) is 0 Å². The van der Waals surface area contributed by atoms with Gasteiger partial charge in [0.1, 0.15) is 6.10 Å². The fourth-order valence-corrected chi connectivity index (χ4v) is 4.53. The lowest BCUT2D eigenvalue weighted by atomic mass is 9.65. The van der Waals surface area contributed by atoms with Crippen LogP contribution in [0.1, 0.15) is 59.3 Å². The molecule has 2 aliphatic carbocycles. The highest BCUT2D eigenvalue weighted by molar-refractivity contribution is 5.72. The van der Waals surface area contributed by atoms with Gasteiger partial charge in [0.25, 0.3) is 0 Å². The second-order valence-electron chi connectivity index (χ2n) is 8.85. The third-order valence-electron chi connectivity index (χ3n) is 6.57. The Balaban J connectivity index is 2.09. The molecule has 7 heteroatoms. The molecule has 0 heterocycles. The van der Waals surface area contributed by atoms with E-state index in [9.17, 15) is 24.9 Å². The number of aliphatic hydroxyl groups is 3. The summed E-state index contributed by atoms with van der Waals surface area (Å²) in [6.07, 6.45) is 4.79. The van der Waals surface area contributed by atoms with Gasteiger partial charge in [0.15, 0.2) is 0 Å². The number of hydrogen-bond donors (Lipinski definition) is 4. The lowest BCUT2D eigenvalue weighted by Gasteiger charge is -2.44. The number of fused-ring (bicyclic) bond motifs is 1. The Labute approximate surface area is 178 Å². The lowest BCUT2D eigenvalue weighted by Crippen LogP contribution is -2.44. The molecule has 0 fully saturated rings. The van der Waals surface area contributed by atoms with Gasteiger partial charge in [-0.3, -0.25) is 9.59 Å². The zero-order chi connectivity index (χ0) is 22.4. The standard InChI is InChI=1S/C23H36O7/c1-4-13(2)23(29)30-20-7-5-6-15-10-19(26)14(3)18(22(15)20)9-8-16(24)11-17(25)12-21(27)28/h5-6,10,13-14,16-20,22,24-26H,4,7-9,11-12H2,1-3H3,(H,27,28)/t13-,14+,16-,17+,18-,19+,20-,22-/m0/s1. The highest BCUT2D eigenvalue weighted by Crippen LogP contribution is 2.44. The Bertz CT molecular complexity index is 656. The molecule has 0 unspecified atom stereocenters. The molecule has 0 saturated heterocycles. The fraction of sp³-hybridized carbons (Fsp3) is 0.739. The number of carbonyl (C=O) groups is 2. The second-order valence-corrected chi connectivity index (χ2v) is 8.85. The molecular formula is C23H36O7. The number of allylic oxidation sites excluding steroid dienone is 1. The van der Waals surface area contributed by atoms with Gasteiger partial charge >= 0.3 is 11.9 Å². The third kappa shape index (κ3) is 6.40. The summed E-state index contributed by atoms with van der Waals surface area (Å²) >= 11 is 0. The van der Waals surface area contributed by atoms with Crippen molar-refractivity contribution in [2.75, 3.05) is 0 Å². The van der Waals surface area contributed by atoms with Crippen molar-refractivity contribution in [2.24, 2.45) is 23.7 Å². The molecule has 0 aliphatic heterocycles. The van der Waals surface area contributed by atoms with Crippen molar-refractivity contribution in [3.63, 3.8) is 0 Å². The van der Waals surface area contributed by atoms with E-state index in [2.05, 4.69) is 0 Å². The second kappa shape index (κ2) is 11.1. The Hall–Kier alpha value is -1.70. The summed E-state index contributed by atoms with van der Waals surface area (Å²) < 4.78 is 5.86. The maximum atomic E-state index is 12.4. The average Bonchev–Trinajstić information content (AvgIpc) is 2.67. The zero-order valence-corrected chi connectivity index (χ0v) is 18.1. The molecule has 170 valence electrons. The number of aliphatic carboxylic acids is 1. The minimum atomic E-state index is -1.10. The summed E-state index contributed by atoms with van der Waals surface area (Å²) in [5, 5.41) is 39.3. The number of aliphatic hydroxyl groups excluding tert-OH is 3. The van der Waals surface area contributed by atoms with Crippen molar-refractivity contribution in [3.8, 4) is 0 Å². The maximum absolute atomic E-state index is 12.4. The molecule has 0 amide bonds. The zero-order valence-electron chi connectivity index (χ0n) is 18.1. The van der Waals surface area contributed by atoms with Gasteiger partial charge in [-0.15, -0.1) is 0 Å². The molecule has 4 N–H and O–H groups in total. The van der Waals surface area contributed by atoms with Crippen LogP contribution in [0.2, 0.25) is 0 Å². The molecule has 0 aromatic rings. The molecule has 0 radical (unpaired) electrons. The lowest BCUT2D eigenvalue weighted by molar-refractivity contribution is -0.157. The van der Waals surface area contributed by atoms with Gasteiger partial charge in [-0.2, -0.15) is 0 Å². The van der Waals surface area contributed by atoms with Gasteiger partial charge in [0.2, 0.25) is 0 Å². The van der Waals surface area contributed by atoms with Crippen molar-refractivity contribution < 1.29 is 34.8 Å². The number of rotatable bonds is 10. The van der Waals surface area contributed by atoms with Crippen LogP contribution in [0.4, 0.5) is 0 Å². The first kappa shape index (κ1) is 24.6. The summed E-state index contributed by atoms with van der Waals surface area (Å²) in [5.74, 6) is -1.64. The Morgan fingerprint density at radius 3 is 2.60 bits per heavy atom. The molecular weight excluding hydrogens is 388 g/mol. The molecule has 0 saturated carbocycles. The van der Waals surface area contributed by atoms with Crippen LogP contribution >= 0.6 is 0 Å². The van der Waals surface area contributed by atoms with Crippen molar-refractivity contribution in [1.82, 2.24) is 0 Å². The fourth-order valence-electron chi connectivity index (χ4n) is 4.53. The summed E-state index contributed by atoms with van der Waals surface area (Å²) in [6, 6.07) is 0. The van der Waals surface area contributed by atoms with Crippen LogP contribution < -0.4 is 0 Å². The number of carboxylic acids is 1. The van der Waals surface area contributed by atoms with Crippen LogP contribution in [0.3, 0.4) is 0 Å². The van der Waals surface area contributed by atoms with Gasteiger partial charge in [-0.25, -0.2) is 0 Å². The van der Waals surface area contributed by atoms with Crippen molar-refractivity contribution in [3.05, 3.63) is 23.8 Å². The van der Waals surface area contributed by atoms with Crippen LogP contribution in [-0.2, 0) is 14.3 Å². The van der Waals surface area contributed by atoms with Gasteiger partial charge < -0.3 is 25.2 Å². The average molecular weight is 425 g/mol. The minimum Gasteiger partial charge on any atom is -0.481 e. The van der Waals surface area contributed by atoms with E-state index in [1.54, 1.807) is 0 Å². The summed E-state index contributed by atoms with van der Waals surface area (Å²) in [4.78, 5) is 23.1. The van der Waals surface area contributed by atoms with E-state index < -0.39 is 30.7 Å². The molecule has 0 bridgehead atoms. The molecule has 7 nitrogen and oxygen atoms in total. The predicted octanol–water partition coefficient (Wildman–Crippen LogP) is 2.44. The maximum Gasteiger partial charge on any atom is 0.308 e. The smallest absolute Gasteiger partial charge is 0.308 e. The topological polar surface area (TPSA) is 124 Å². The highest BCUT2D eigenvalue weighted by Gasteiger charge is 2.43. The van der Waals surface area contributed by atoms with Crippen LogP contribution in [0, 0.1) is 23.7 Å². The van der Waals surface area contributed by atoms with Gasteiger partial charge in [-0.05, 0) is 43.1 Å². The quantitative estimate of drug-likeness (QED) is 0.397. The molecule has 2 aliphatic rings. The van der Waals surface area contributed by atoms with Gasteiger partial charge in [-0.1, -0.05) is 39.0 Å². The third-order valence-corrected chi connectivity index (χ3v) is 6.57. The monoisotopic (exact) mass is 424 g/mol. The Morgan fingerprint density at radius 2 is 1.97 bits per heavy atom. The predicted molar refractivity (Wildman–Crippen MR) is 111 cm³/mol. The van der Waals surface area contributed by atoms with Crippen LogP contribution in [-0.4, -0.2) is 56.8 Å². The van der Waals surface area contributed by atoms with E-state index in [1.807, 2.05) is 39.0 Å². The number of esters is 1. The summed E-state index contributed by atoms with van der Waals surface area (Å²) in [7, 11) is 0. The van der Waals surface area contributed by atoms with E-state index in [1.165, 1.54) is 0 Å². The summed E-state index contributed by atoms with van der Waals surface area (Å²) in [6.45, 7) is 5.75. The molecule has 0 spiro atoms. The number of hydrogen-bond acceptors (Lipinski definition) is 6. The normalized spacial score (nSPS) is 31.3. The SMILES string of the molecule is CC[C@H](C)C(=O)O[C@H]1CC=CC2=C[C@@H](O)[C@H](C)[C@H](CC[C@H](O)C[C@@H](O)CC(=O)O)[C@H]21. The van der Waals surface area contributed by atoms with Crippen molar-refractivity contribution >= 4 is 11.9 Å². The number of carbonyl (C=O) groups excluding carboxylic acids is 1. The minimum absolute atomic E-state index is 0.00432. The van der Waals surface area contributed by atoms with Gasteiger partial charge in [0, 0.05) is 12.3 Å². The highest BCUT2D eigenvalue weighted by atomic mass is 16.5. The number of carboxylic acid groups (broad SMARTS) is 1. The Kier molecular flexibility index (Phi) is 9.07. The van der Waals surface area contributed by atoms with E-state index in [-0.39, 0.29) is 42.2 Å². The number of ether oxygens (including phenoxy) is 1. The van der Waals surface area contributed by atoms with E-state index in [0.29, 0.717) is 25.7 Å².